The second-order valence-electron chi connectivity index (χ2n) is 4.08. The lowest BCUT2D eigenvalue weighted by Gasteiger charge is -1.99. The number of fused-ring (bicyclic) bond motifs is 1. The molecule has 0 saturated carbocycles. The van der Waals surface area contributed by atoms with Gasteiger partial charge in [-0.15, -0.1) is 0 Å². The number of nitrogens with zero attached hydrogens (tertiary/aromatic N) is 4. The van der Waals surface area contributed by atoms with Crippen molar-refractivity contribution in [1.82, 2.24) is 19.9 Å². The molecular formula is C14H11N5O. The summed E-state index contributed by atoms with van der Waals surface area (Å²) in [5.41, 5.74) is 2.58. The molecule has 1 N–H and O–H groups in total. The van der Waals surface area contributed by atoms with E-state index in [1.807, 2.05) is 19.1 Å². The molecule has 0 radical (unpaired) electrons. The minimum absolute atomic E-state index is 0.515. The lowest BCUT2D eigenvalue weighted by Crippen LogP contribution is -1.93. The Balaban J connectivity index is 2.01. The van der Waals surface area contributed by atoms with Crippen molar-refractivity contribution in [2.45, 2.75) is 6.92 Å². The molecule has 0 amide bonds. The number of nitriles is 1. The summed E-state index contributed by atoms with van der Waals surface area (Å²) < 4.78 is 5.34. The predicted molar refractivity (Wildman–Crippen MR) is 73.0 cm³/mol. The van der Waals surface area contributed by atoms with Gasteiger partial charge >= 0.3 is 0 Å². The molecule has 98 valence electrons. The van der Waals surface area contributed by atoms with Gasteiger partial charge in [-0.05, 0) is 25.1 Å². The quantitative estimate of drug-likeness (QED) is 0.785. The van der Waals surface area contributed by atoms with Gasteiger partial charge in [-0.25, -0.2) is 4.98 Å². The summed E-state index contributed by atoms with van der Waals surface area (Å²) in [5.74, 6) is 1.16. The van der Waals surface area contributed by atoms with E-state index in [9.17, 15) is 0 Å². The van der Waals surface area contributed by atoms with Crippen molar-refractivity contribution < 1.29 is 4.74 Å². The van der Waals surface area contributed by atoms with Crippen LogP contribution in [0, 0.1) is 11.3 Å². The maximum absolute atomic E-state index is 8.76. The van der Waals surface area contributed by atoms with Gasteiger partial charge in [0.05, 0.1) is 17.7 Å². The molecule has 0 aromatic carbocycles. The average molecular weight is 265 g/mol. The Labute approximate surface area is 115 Å². The largest absolute Gasteiger partial charge is 0.478 e. The number of hydrogen-bond acceptors (Lipinski definition) is 5. The van der Waals surface area contributed by atoms with Gasteiger partial charge in [0.1, 0.15) is 11.8 Å². The lowest BCUT2D eigenvalue weighted by molar-refractivity contribution is 0.328. The van der Waals surface area contributed by atoms with Gasteiger partial charge in [-0.2, -0.15) is 10.2 Å². The monoisotopic (exact) mass is 265 g/mol. The highest BCUT2D eigenvalue weighted by atomic mass is 16.5. The molecule has 3 aromatic rings. The van der Waals surface area contributed by atoms with E-state index in [4.69, 9.17) is 10.00 Å². The molecule has 6 heteroatoms. The number of ether oxygens (including phenoxy) is 1. The van der Waals surface area contributed by atoms with Crippen LogP contribution >= 0.6 is 0 Å². The molecular weight excluding hydrogens is 254 g/mol. The third-order valence-corrected chi connectivity index (χ3v) is 2.75. The summed E-state index contributed by atoms with van der Waals surface area (Å²) in [7, 11) is 0. The summed E-state index contributed by atoms with van der Waals surface area (Å²) >= 11 is 0. The average Bonchev–Trinajstić information content (AvgIpc) is 2.91. The Hall–Kier alpha value is -2.94. The van der Waals surface area contributed by atoms with Crippen LogP contribution in [0.1, 0.15) is 12.5 Å². The molecule has 3 rings (SSSR count). The Kier molecular flexibility index (Phi) is 3.01. The Morgan fingerprint density at radius 2 is 2.15 bits per heavy atom. The first-order chi connectivity index (χ1) is 9.80. The van der Waals surface area contributed by atoms with Gasteiger partial charge in [0.25, 0.3) is 0 Å². The molecule has 0 aliphatic rings. The highest BCUT2D eigenvalue weighted by Crippen LogP contribution is 2.20. The zero-order chi connectivity index (χ0) is 13.9. The van der Waals surface area contributed by atoms with E-state index < -0.39 is 0 Å². The van der Waals surface area contributed by atoms with Gasteiger partial charge in [0.2, 0.25) is 5.88 Å². The summed E-state index contributed by atoms with van der Waals surface area (Å²) in [4.78, 5) is 16.0. The van der Waals surface area contributed by atoms with Crippen LogP contribution in [-0.4, -0.2) is 26.5 Å². The SMILES string of the molecule is CCOc1ccc2[nH]c(-c3ccc(C#N)cn3)nc2n1. The van der Waals surface area contributed by atoms with Crippen LogP contribution in [0.15, 0.2) is 30.5 Å². The number of H-pyrrole nitrogens is 1. The fourth-order valence-electron chi connectivity index (χ4n) is 1.82. The predicted octanol–water partition coefficient (Wildman–Crippen LogP) is 2.29. The van der Waals surface area contributed by atoms with Gasteiger partial charge in [-0.1, -0.05) is 0 Å². The summed E-state index contributed by atoms with van der Waals surface area (Å²) in [6.07, 6.45) is 1.52. The Morgan fingerprint density at radius 1 is 1.25 bits per heavy atom. The first kappa shape index (κ1) is 12.1. The standard InChI is InChI=1S/C14H11N5O/c1-2-20-12-6-5-11-14(18-12)19-13(17-11)10-4-3-9(7-15)8-16-10/h3-6,8H,2H2,1H3,(H,17,18,19). The third kappa shape index (κ3) is 2.17. The molecule has 3 aromatic heterocycles. The van der Waals surface area contributed by atoms with E-state index in [1.165, 1.54) is 6.20 Å². The normalized spacial score (nSPS) is 10.4. The highest BCUT2D eigenvalue weighted by molar-refractivity contribution is 5.75. The van der Waals surface area contributed by atoms with Gasteiger partial charge < -0.3 is 9.72 Å². The van der Waals surface area contributed by atoms with Crippen molar-refractivity contribution in [2.75, 3.05) is 6.61 Å². The van der Waals surface area contributed by atoms with Crippen LogP contribution in [0.5, 0.6) is 5.88 Å². The number of aromatic amines is 1. The minimum atomic E-state index is 0.515. The van der Waals surface area contributed by atoms with Gasteiger partial charge in [0.15, 0.2) is 11.5 Å². The molecule has 0 atom stereocenters. The molecule has 20 heavy (non-hydrogen) atoms. The van der Waals surface area contributed by atoms with E-state index in [0.717, 1.165) is 5.52 Å². The molecule has 0 spiro atoms. The molecule has 0 bridgehead atoms. The van der Waals surface area contributed by atoms with E-state index in [0.29, 0.717) is 35.2 Å². The zero-order valence-electron chi connectivity index (χ0n) is 10.8. The van der Waals surface area contributed by atoms with Crippen molar-refractivity contribution in [2.24, 2.45) is 0 Å². The van der Waals surface area contributed by atoms with Gasteiger partial charge in [0, 0.05) is 12.3 Å². The fourth-order valence-corrected chi connectivity index (χ4v) is 1.82. The van der Waals surface area contributed by atoms with Crippen molar-refractivity contribution in [1.29, 1.82) is 5.26 Å². The Morgan fingerprint density at radius 3 is 2.85 bits per heavy atom. The molecule has 0 fully saturated rings. The Bertz CT molecular complexity index is 785. The van der Waals surface area contributed by atoms with E-state index >= 15 is 0 Å². The summed E-state index contributed by atoms with van der Waals surface area (Å²) in [6.45, 7) is 2.47. The van der Waals surface area contributed by atoms with Crippen LogP contribution in [0.2, 0.25) is 0 Å². The van der Waals surface area contributed by atoms with Crippen LogP contribution in [-0.2, 0) is 0 Å². The summed E-state index contributed by atoms with van der Waals surface area (Å²) in [5, 5.41) is 8.76. The van der Waals surface area contributed by atoms with Crippen LogP contribution < -0.4 is 4.74 Å². The number of nitrogens with one attached hydrogen (secondary N) is 1. The second kappa shape index (κ2) is 4.97. The molecule has 0 saturated heterocycles. The second-order valence-corrected chi connectivity index (χ2v) is 4.08. The number of rotatable bonds is 3. The molecule has 6 nitrogen and oxygen atoms in total. The molecule has 0 unspecified atom stereocenters. The maximum atomic E-state index is 8.76. The minimum Gasteiger partial charge on any atom is -0.478 e. The molecule has 0 aliphatic heterocycles. The van der Waals surface area contributed by atoms with Crippen molar-refractivity contribution in [3.8, 4) is 23.5 Å². The van der Waals surface area contributed by atoms with E-state index in [-0.39, 0.29) is 0 Å². The maximum Gasteiger partial charge on any atom is 0.215 e. The van der Waals surface area contributed by atoms with E-state index in [2.05, 4.69) is 19.9 Å². The van der Waals surface area contributed by atoms with Crippen LogP contribution in [0.25, 0.3) is 22.7 Å². The van der Waals surface area contributed by atoms with Crippen LogP contribution in [0.4, 0.5) is 0 Å². The topological polar surface area (TPSA) is 87.5 Å². The first-order valence-electron chi connectivity index (χ1n) is 6.16. The molecule has 0 aliphatic carbocycles. The fraction of sp³-hybridized carbons (Fsp3) is 0.143. The van der Waals surface area contributed by atoms with Crippen LogP contribution in [0.3, 0.4) is 0 Å². The van der Waals surface area contributed by atoms with Crippen molar-refractivity contribution >= 4 is 11.2 Å². The zero-order valence-corrected chi connectivity index (χ0v) is 10.8. The van der Waals surface area contributed by atoms with Gasteiger partial charge in [-0.3, -0.25) is 4.98 Å². The number of aromatic nitrogens is 4. The lowest BCUT2D eigenvalue weighted by atomic mass is 10.2. The first-order valence-corrected chi connectivity index (χ1v) is 6.16. The summed E-state index contributed by atoms with van der Waals surface area (Å²) in [6, 6.07) is 9.14. The van der Waals surface area contributed by atoms with Crippen molar-refractivity contribution in [3.63, 3.8) is 0 Å². The third-order valence-electron chi connectivity index (χ3n) is 2.75. The molecule has 3 heterocycles. The number of pyridine rings is 2. The highest BCUT2D eigenvalue weighted by Gasteiger charge is 2.08. The van der Waals surface area contributed by atoms with E-state index in [1.54, 1.807) is 18.2 Å². The van der Waals surface area contributed by atoms with Crippen molar-refractivity contribution in [3.05, 3.63) is 36.0 Å². The number of imidazole rings is 1. The smallest absolute Gasteiger partial charge is 0.215 e. The number of hydrogen-bond donors (Lipinski definition) is 1.